The molecule has 118 valence electrons. The Morgan fingerprint density at radius 2 is 1.95 bits per heavy atom. The van der Waals surface area contributed by atoms with E-state index in [9.17, 15) is 4.55 Å². The summed E-state index contributed by atoms with van der Waals surface area (Å²) >= 11 is 0.446. The van der Waals surface area contributed by atoms with Crippen LogP contribution in [-0.4, -0.2) is 39.0 Å². The van der Waals surface area contributed by atoms with Gasteiger partial charge in [-0.15, -0.1) is 0 Å². The summed E-state index contributed by atoms with van der Waals surface area (Å²) in [6.45, 7) is 1.69. The molecule has 1 aliphatic carbocycles. The minimum absolute atomic E-state index is 0.553. The molecule has 1 atom stereocenters. The monoisotopic (exact) mass is 337 g/mol. The van der Waals surface area contributed by atoms with Crippen molar-refractivity contribution in [3.8, 4) is 0 Å². The summed E-state index contributed by atoms with van der Waals surface area (Å²) in [5, 5.41) is 0. The smallest absolute Gasteiger partial charge is 0.303 e. The summed E-state index contributed by atoms with van der Waals surface area (Å²) in [5.74, 6) is 2.06. The molecule has 4 rings (SSSR count). The molecule has 7 heteroatoms. The van der Waals surface area contributed by atoms with E-state index in [1.54, 1.807) is 6.26 Å². The van der Waals surface area contributed by atoms with E-state index < -0.39 is 11.2 Å². The molecule has 2 fully saturated rings. The summed E-state index contributed by atoms with van der Waals surface area (Å²) in [5.41, 5.74) is 1.88. The van der Waals surface area contributed by atoms with E-state index in [-0.39, 0.29) is 0 Å². The topological polar surface area (TPSA) is 71.0 Å². The fourth-order valence-corrected chi connectivity index (χ4v) is 4.67. The highest BCUT2D eigenvalue weighted by molar-refractivity contribution is 7.92. The number of fused-ring (bicyclic) bond motifs is 1. The lowest BCUT2D eigenvalue weighted by atomic mass is 9.96. The first-order chi connectivity index (χ1) is 10.7. The molecule has 3 heterocycles. The lowest BCUT2D eigenvalue weighted by molar-refractivity contribution is 0.0660. The SMILES string of the molecule is C[S+]([O-])c1nc2nc(CC3CCOCC3)nc(C3CC3)c2s1. The minimum atomic E-state index is -1.05. The highest BCUT2D eigenvalue weighted by Gasteiger charge is 2.30. The molecular formula is C15H19N3O2S2. The normalized spacial score (nSPS) is 21.4. The maximum atomic E-state index is 11.7. The van der Waals surface area contributed by atoms with E-state index in [0.29, 0.717) is 16.2 Å². The van der Waals surface area contributed by atoms with Gasteiger partial charge in [-0.2, -0.15) is 4.98 Å². The molecule has 5 nitrogen and oxygen atoms in total. The zero-order valence-electron chi connectivity index (χ0n) is 12.6. The Hall–Kier alpha value is -0.760. The van der Waals surface area contributed by atoms with E-state index in [1.807, 2.05) is 0 Å². The lowest BCUT2D eigenvalue weighted by Gasteiger charge is -2.21. The van der Waals surface area contributed by atoms with Crippen LogP contribution in [0.15, 0.2) is 4.34 Å². The third-order valence-corrected chi connectivity index (χ3v) is 6.73. The molecule has 2 aliphatic rings. The number of nitrogens with zero attached hydrogens (tertiary/aromatic N) is 3. The number of ether oxygens (including phenoxy) is 1. The van der Waals surface area contributed by atoms with Crippen LogP contribution >= 0.6 is 11.3 Å². The summed E-state index contributed by atoms with van der Waals surface area (Å²) in [4.78, 5) is 14.0. The quantitative estimate of drug-likeness (QED) is 0.802. The Balaban J connectivity index is 1.69. The first-order valence-corrected chi connectivity index (χ1v) is 10.2. The molecule has 0 bridgehead atoms. The van der Waals surface area contributed by atoms with Crippen molar-refractivity contribution in [2.24, 2.45) is 5.92 Å². The predicted octanol–water partition coefficient (Wildman–Crippen LogP) is 2.67. The van der Waals surface area contributed by atoms with Crippen molar-refractivity contribution in [2.45, 2.75) is 42.4 Å². The van der Waals surface area contributed by atoms with Crippen LogP contribution in [0.5, 0.6) is 0 Å². The van der Waals surface area contributed by atoms with Gasteiger partial charge in [-0.25, -0.2) is 9.97 Å². The molecule has 2 aromatic rings. The minimum Gasteiger partial charge on any atom is -0.610 e. The third-order valence-electron chi connectivity index (χ3n) is 4.33. The summed E-state index contributed by atoms with van der Waals surface area (Å²) in [7, 11) is 0. The molecule has 1 saturated heterocycles. The van der Waals surface area contributed by atoms with Gasteiger partial charge in [0.05, 0.1) is 5.69 Å². The summed E-state index contributed by atoms with van der Waals surface area (Å²) < 4.78 is 18.8. The number of hydrogen-bond acceptors (Lipinski definition) is 6. The van der Waals surface area contributed by atoms with Gasteiger partial charge < -0.3 is 9.29 Å². The van der Waals surface area contributed by atoms with Crippen LogP contribution in [0.1, 0.15) is 43.1 Å². The molecule has 2 aromatic heterocycles. The van der Waals surface area contributed by atoms with E-state index in [0.717, 1.165) is 54.3 Å². The van der Waals surface area contributed by atoms with Crippen LogP contribution in [0.2, 0.25) is 0 Å². The molecule has 0 aromatic carbocycles. The van der Waals surface area contributed by atoms with E-state index in [4.69, 9.17) is 9.72 Å². The largest absolute Gasteiger partial charge is 0.610 e. The fraction of sp³-hybridized carbons (Fsp3) is 0.667. The van der Waals surface area contributed by atoms with Gasteiger partial charge >= 0.3 is 4.34 Å². The average Bonchev–Trinajstić information content (AvgIpc) is 3.26. The van der Waals surface area contributed by atoms with Gasteiger partial charge in [0, 0.05) is 36.7 Å². The maximum absolute atomic E-state index is 11.7. The Morgan fingerprint density at radius 3 is 2.64 bits per heavy atom. The highest BCUT2D eigenvalue weighted by Crippen LogP contribution is 2.43. The molecule has 0 radical (unpaired) electrons. The van der Waals surface area contributed by atoms with Crippen molar-refractivity contribution < 1.29 is 9.29 Å². The van der Waals surface area contributed by atoms with Gasteiger partial charge in [0.2, 0.25) is 0 Å². The van der Waals surface area contributed by atoms with Crippen LogP contribution in [0.25, 0.3) is 10.3 Å². The van der Waals surface area contributed by atoms with Crippen LogP contribution in [-0.2, 0) is 22.3 Å². The first-order valence-electron chi connectivity index (χ1n) is 7.79. The van der Waals surface area contributed by atoms with E-state index in [1.165, 1.54) is 24.2 Å². The van der Waals surface area contributed by atoms with Gasteiger partial charge in [-0.1, -0.05) is 11.3 Å². The van der Waals surface area contributed by atoms with Crippen molar-refractivity contribution in [3.63, 3.8) is 0 Å². The van der Waals surface area contributed by atoms with Crippen LogP contribution in [0.4, 0.5) is 0 Å². The second-order valence-corrected chi connectivity index (χ2v) is 8.70. The molecule has 1 saturated carbocycles. The maximum Gasteiger partial charge on any atom is 0.303 e. The summed E-state index contributed by atoms with van der Waals surface area (Å²) in [6, 6.07) is 0. The average molecular weight is 337 g/mol. The van der Waals surface area contributed by atoms with Gasteiger partial charge in [0.1, 0.15) is 16.8 Å². The van der Waals surface area contributed by atoms with Crippen LogP contribution in [0, 0.1) is 5.92 Å². The van der Waals surface area contributed by atoms with Crippen molar-refractivity contribution in [1.82, 2.24) is 15.0 Å². The number of aromatic nitrogens is 3. The van der Waals surface area contributed by atoms with Gasteiger partial charge in [-0.3, -0.25) is 0 Å². The second kappa shape index (κ2) is 6.03. The van der Waals surface area contributed by atoms with Gasteiger partial charge in [0.15, 0.2) is 5.65 Å². The van der Waals surface area contributed by atoms with Crippen molar-refractivity contribution in [2.75, 3.05) is 19.5 Å². The number of hydrogen-bond donors (Lipinski definition) is 0. The molecular weight excluding hydrogens is 318 g/mol. The molecule has 1 aliphatic heterocycles. The zero-order valence-corrected chi connectivity index (χ0v) is 14.2. The van der Waals surface area contributed by atoms with Crippen molar-refractivity contribution in [3.05, 3.63) is 11.5 Å². The van der Waals surface area contributed by atoms with Crippen molar-refractivity contribution in [1.29, 1.82) is 0 Å². The van der Waals surface area contributed by atoms with Crippen LogP contribution < -0.4 is 0 Å². The summed E-state index contributed by atoms with van der Waals surface area (Å²) in [6.07, 6.45) is 7.14. The Morgan fingerprint density at radius 1 is 1.18 bits per heavy atom. The molecule has 22 heavy (non-hydrogen) atoms. The first kappa shape index (κ1) is 14.8. The molecule has 0 N–H and O–H groups in total. The number of rotatable bonds is 4. The van der Waals surface area contributed by atoms with Gasteiger partial charge in [0.25, 0.3) is 0 Å². The standard InChI is InChI=1S/C15H19N3O2S2/c1-22(19)15-18-14-13(21-15)12(10-2-3-10)16-11(17-14)8-9-4-6-20-7-5-9/h9-10H,2-8H2,1H3. The Labute approximate surface area is 136 Å². The predicted molar refractivity (Wildman–Crippen MR) is 86.8 cm³/mol. The number of thiazole rings is 1. The van der Waals surface area contributed by atoms with Crippen LogP contribution in [0.3, 0.4) is 0 Å². The van der Waals surface area contributed by atoms with E-state index >= 15 is 0 Å². The molecule has 0 amide bonds. The van der Waals surface area contributed by atoms with Crippen molar-refractivity contribution >= 4 is 32.9 Å². The molecule has 0 spiro atoms. The van der Waals surface area contributed by atoms with Gasteiger partial charge in [-0.05, 0) is 31.6 Å². The molecule has 1 unspecified atom stereocenters. The highest BCUT2D eigenvalue weighted by atomic mass is 32.2. The lowest BCUT2D eigenvalue weighted by Crippen LogP contribution is -2.18. The zero-order chi connectivity index (χ0) is 15.1. The second-order valence-electron chi connectivity index (χ2n) is 6.15. The Bertz CT molecular complexity index is 679. The van der Waals surface area contributed by atoms with E-state index in [2.05, 4.69) is 9.97 Å². The third kappa shape index (κ3) is 2.99. The fourth-order valence-electron chi connectivity index (χ4n) is 2.93. The Kier molecular flexibility index (Phi) is 4.06.